The van der Waals surface area contributed by atoms with Crippen LogP contribution in [0, 0.1) is 0 Å². The van der Waals surface area contributed by atoms with Crippen LogP contribution in [0.5, 0.6) is 0 Å². The molecule has 4 nitrogen and oxygen atoms in total. The highest BCUT2D eigenvalue weighted by Gasteiger charge is 2.44. The molecule has 132 valence electrons. The topological polar surface area (TPSA) is 33.4 Å². The Morgan fingerprint density at radius 1 is 1.15 bits per heavy atom. The molecule has 3 atom stereocenters. The molecule has 5 heteroatoms. The molecule has 1 saturated heterocycles. The van der Waals surface area contributed by atoms with Gasteiger partial charge in [-0.05, 0) is 25.1 Å². The highest BCUT2D eigenvalue weighted by atomic mass is 32.2. The van der Waals surface area contributed by atoms with Gasteiger partial charge in [0, 0.05) is 47.2 Å². The summed E-state index contributed by atoms with van der Waals surface area (Å²) in [4.78, 5) is 12.2. The first-order valence-corrected chi connectivity index (χ1v) is 10.1. The maximum absolute atomic E-state index is 5.10. The van der Waals surface area contributed by atoms with E-state index in [4.69, 9.17) is 4.99 Å². The molecule has 0 saturated carbocycles. The molecule has 2 aromatic heterocycles. The van der Waals surface area contributed by atoms with Crippen LogP contribution in [0.25, 0.3) is 10.9 Å². The summed E-state index contributed by atoms with van der Waals surface area (Å²) in [6.45, 7) is 6.51. The Morgan fingerprint density at radius 2 is 2.00 bits per heavy atom. The molecule has 1 aromatic carbocycles. The van der Waals surface area contributed by atoms with Crippen molar-refractivity contribution in [3.63, 3.8) is 0 Å². The van der Waals surface area contributed by atoms with Crippen molar-refractivity contribution in [2.75, 3.05) is 6.54 Å². The summed E-state index contributed by atoms with van der Waals surface area (Å²) in [7, 11) is 0. The highest BCUT2D eigenvalue weighted by molar-refractivity contribution is 8.14. The van der Waals surface area contributed by atoms with Gasteiger partial charge >= 0.3 is 0 Å². The first-order chi connectivity index (χ1) is 12.8. The molecular formula is C21H22N4S. The van der Waals surface area contributed by atoms with Crippen LogP contribution < -0.4 is 0 Å². The third-order valence-electron chi connectivity index (χ3n) is 5.36. The van der Waals surface area contributed by atoms with Gasteiger partial charge in [-0.3, -0.25) is 9.98 Å². The number of hydrogen-bond acceptors (Lipinski definition) is 4. The Morgan fingerprint density at radius 3 is 2.81 bits per heavy atom. The molecule has 1 fully saturated rings. The van der Waals surface area contributed by atoms with Crippen LogP contribution in [-0.4, -0.2) is 31.4 Å². The number of thioether (sulfide) groups is 1. The third-order valence-corrected chi connectivity index (χ3v) is 6.46. The number of aromatic nitrogens is 2. The summed E-state index contributed by atoms with van der Waals surface area (Å²) >= 11 is 1.89. The van der Waals surface area contributed by atoms with Crippen molar-refractivity contribution in [1.82, 2.24) is 14.5 Å². The number of hydrogen-bond donors (Lipinski definition) is 0. The molecule has 0 unspecified atom stereocenters. The summed E-state index contributed by atoms with van der Waals surface area (Å²) in [5.74, 6) is 0. The van der Waals surface area contributed by atoms with Gasteiger partial charge in [0.05, 0.1) is 11.7 Å². The maximum Gasteiger partial charge on any atom is 0.160 e. The van der Waals surface area contributed by atoms with E-state index in [1.165, 1.54) is 21.6 Å². The standard InChI is InChI=1S/C21H22N4S/c1-3-24-13-16(15-8-4-5-10-18(15)24)20-19(17-9-6-7-11-22-17)23-21-25(20)12-14(2)26-21/h4-11,13-14,19-20H,3,12H2,1-2H3/t14-,19+,20-/m0/s1. The smallest absolute Gasteiger partial charge is 0.160 e. The molecular weight excluding hydrogens is 340 g/mol. The van der Waals surface area contributed by atoms with E-state index in [2.05, 4.69) is 70.9 Å². The van der Waals surface area contributed by atoms with E-state index in [0.29, 0.717) is 5.25 Å². The number of nitrogens with zero attached hydrogens (tertiary/aromatic N) is 4. The highest BCUT2D eigenvalue weighted by Crippen LogP contribution is 2.49. The summed E-state index contributed by atoms with van der Waals surface area (Å²) in [6, 6.07) is 15.1. The van der Waals surface area contributed by atoms with E-state index in [-0.39, 0.29) is 12.1 Å². The molecule has 0 aliphatic carbocycles. The molecule has 3 aromatic rings. The number of pyridine rings is 1. The Hall–Kier alpha value is -2.27. The molecule has 2 aliphatic heterocycles. The van der Waals surface area contributed by atoms with Gasteiger partial charge in [0.25, 0.3) is 0 Å². The van der Waals surface area contributed by atoms with Crippen molar-refractivity contribution in [2.24, 2.45) is 4.99 Å². The van der Waals surface area contributed by atoms with Gasteiger partial charge in [0.2, 0.25) is 0 Å². The monoisotopic (exact) mass is 362 g/mol. The molecule has 0 radical (unpaired) electrons. The number of amidine groups is 1. The van der Waals surface area contributed by atoms with E-state index in [1.54, 1.807) is 0 Å². The number of benzene rings is 1. The van der Waals surface area contributed by atoms with E-state index >= 15 is 0 Å². The average Bonchev–Trinajstić information content (AvgIpc) is 3.32. The van der Waals surface area contributed by atoms with Crippen LogP contribution in [0.4, 0.5) is 0 Å². The minimum absolute atomic E-state index is 0.0577. The lowest BCUT2D eigenvalue weighted by Gasteiger charge is -2.26. The normalized spacial score (nSPS) is 24.9. The average molecular weight is 363 g/mol. The minimum Gasteiger partial charge on any atom is -0.347 e. The Kier molecular flexibility index (Phi) is 3.78. The zero-order valence-electron chi connectivity index (χ0n) is 15.0. The van der Waals surface area contributed by atoms with Crippen LogP contribution in [-0.2, 0) is 6.54 Å². The van der Waals surface area contributed by atoms with Crippen molar-refractivity contribution in [3.05, 3.63) is 66.1 Å². The first-order valence-electron chi connectivity index (χ1n) is 9.26. The second-order valence-electron chi connectivity index (χ2n) is 7.02. The first kappa shape index (κ1) is 15.9. The molecule has 26 heavy (non-hydrogen) atoms. The molecule has 4 heterocycles. The minimum atomic E-state index is 0.0577. The van der Waals surface area contributed by atoms with Gasteiger partial charge in [0.15, 0.2) is 5.17 Å². The Bertz CT molecular complexity index is 978. The lowest BCUT2D eigenvalue weighted by Crippen LogP contribution is -2.28. The van der Waals surface area contributed by atoms with Crippen molar-refractivity contribution >= 4 is 27.8 Å². The second kappa shape index (κ2) is 6.16. The van der Waals surface area contributed by atoms with E-state index in [1.807, 2.05) is 24.0 Å². The van der Waals surface area contributed by atoms with Gasteiger partial charge in [0.1, 0.15) is 6.04 Å². The van der Waals surface area contributed by atoms with Crippen molar-refractivity contribution in [2.45, 2.75) is 37.7 Å². The van der Waals surface area contributed by atoms with E-state index < -0.39 is 0 Å². The van der Waals surface area contributed by atoms with Crippen LogP contribution in [0.3, 0.4) is 0 Å². The number of rotatable bonds is 3. The van der Waals surface area contributed by atoms with Crippen molar-refractivity contribution in [3.8, 4) is 0 Å². The fourth-order valence-electron chi connectivity index (χ4n) is 4.23. The molecule has 0 N–H and O–H groups in total. The summed E-state index contributed by atoms with van der Waals surface area (Å²) < 4.78 is 2.35. The fourth-order valence-corrected chi connectivity index (χ4v) is 5.32. The van der Waals surface area contributed by atoms with E-state index in [0.717, 1.165) is 18.8 Å². The van der Waals surface area contributed by atoms with Crippen LogP contribution in [0.15, 0.2) is 59.9 Å². The number of aliphatic imine (C=N–C) groups is 1. The van der Waals surface area contributed by atoms with Crippen LogP contribution in [0.1, 0.15) is 37.2 Å². The lowest BCUT2D eigenvalue weighted by molar-refractivity contribution is 0.323. The largest absolute Gasteiger partial charge is 0.347 e. The molecule has 0 amide bonds. The summed E-state index contributed by atoms with van der Waals surface area (Å²) in [5, 5.41) is 3.09. The quantitative estimate of drug-likeness (QED) is 0.680. The molecule has 0 spiro atoms. The Labute approximate surface area is 157 Å². The molecule has 0 bridgehead atoms. The van der Waals surface area contributed by atoms with Gasteiger partial charge in [-0.15, -0.1) is 0 Å². The number of fused-ring (bicyclic) bond motifs is 2. The number of aryl methyl sites for hydroxylation is 1. The van der Waals surface area contributed by atoms with Gasteiger partial charge in [-0.2, -0.15) is 0 Å². The number of para-hydroxylation sites is 1. The second-order valence-corrected chi connectivity index (χ2v) is 8.43. The van der Waals surface area contributed by atoms with Crippen LogP contribution in [0.2, 0.25) is 0 Å². The van der Waals surface area contributed by atoms with Crippen molar-refractivity contribution in [1.29, 1.82) is 0 Å². The van der Waals surface area contributed by atoms with Gasteiger partial charge in [-0.25, -0.2) is 0 Å². The van der Waals surface area contributed by atoms with Crippen LogP contribution >= 0.6 is 11.8 Å². The molecule has 5 rings (SSSR count). The maximum atomic E-state index is 5.10. The zero-order valence-corrected chi connectivity index (χ0v) is 15.9. The fraction of sp³-hybridized carbons (Fsp3) is 0.333. The Balaban J connectivity index is 1.68. The predicted molar refractivity (Wildman–Crippen MR) is 109 cm³/mol. The lowest BCUT2D eigenvalue weighted by atomic mass is 9.96. The van der Waals surface area contributed by atoms with E-state index in [9.17, 15) is 0 Å². The van der Waals surface area contributed by atoms with Gasteiger partial charge in [-0.1, -0.05) is 43.0 Å². The summed E-state index contributed by atoms with van der Waals surface area (Å²) in [5.41, 5.74) is 3.73. The zero-order chi connectivity index (χ0) is 17.7. The van der Waals surface area contributed by atoms with Gasteiger partial charge < -0.3 is 9.47 Å². The third kappa shape index (κ3) is 2.37. The SMILES string of the molecule is CCn1cc([C@H]2[C@@H](c3ccccn3)N=C3S[C@@H](C)CN32)c2ccccc21. The molecule has 2 aliphatic rings. The predicted octanol–water partition coefficient (Wildman–Crippen LogP) is 4.65. The van der Waals surface area contributed by atoms with Crippen molar-refractivity contribution < 1.29 is 0 Å². The summed E-state index contributed by atoms with van der Waals surface area (Å²) in [6.07, 6.45) is 4.21.